The van der Waals surface area contributed by atoms with Crippen molar-refractivity contribution in [3.8, 4) is 0 Å². The van der Waals surface area contributed by atoms with Crippen LogP contribution in [-0.2, 0) is 4.74 Å². The third-order valence-electron chi connectivity index (χ3n) is 2.14. The van der Waals surface area contributed by atoms with Crippen LogP contribution in [-0.4, -0.2) is 36.5 Å². The van der Waals surface area contributed by atoms with Gasteiger partial charge in [0.1, 0.15) is 5.02 Å². The molecule has 0 amide bonds. The second kappa shape index (κ2) is 8.41. The fraction of sp³-hybridized carbons (Fsp3) is 0.273. The molecule has 0 aliphatic carbocycles. The molecular weight excluding hydrogens is 304 g/mol. The van der Waals surface area contributed by atoms with Crippen molar-refractivity contribution >= 4 is 40.8 Å². The van der Waals surface area contributed by atoms with E-state index in [9.17, 15) is 10.1 Å². The topological polar surface area (TPSA) is 88.8 Å². The Morgan fingerprint density at radius 1 is 1.65 bits per heavy atom. The predicted octanol–water partition coefficient (Wildman–Crippen LogP) is 1.69. The quantitative estimate of drug-likeness (QED) is 0.273. The third kappa shape index (κ3) is 5.47. The molecule has 20 heavy (non-hydrogen) atoms. The van der Waals surface area contributed by atoms with Gasteiger partial charge in [0.25, 0.3) is 5.69 Å². The minimum Gasteiger partial charge on any atom is -0.383 e. The molecule has 9 heteroatoms. The molecule has 0 spiro atoms. The minimum atomic E-state index is -0.552. The highest BCUT2D eigenvalue weighted by Gasteiger charge is 2.11. The zero-order valence-corrected chi connectivity index (χ0v) is 12.2. The van der Waals surface area contributed by atoms with Gasteiger partial charge in [0.05, 0.1) is 17.7 Å². The normalized spacial score (nSPS) is 10.5. The van der Waals surface area contributed by atoms with Crippen molar-refractivity contribution in [2.45, 2.75) is 0 Å². The van der Waals surface area contributed by atoms with E-state index in [0.717, 1.165) is 0 Å². The van der Waals surface area contributed by atoms with E-state index in [-0.39, 0.29) is 10.7 Å². The fourth-order valence-corrected chi connectivity index (χ4v) is 1.56. The molecule has 0 atom stereocenters. The summed E-state index contributed by atoms with van der Waals surface area (Å²) < 4.78 is 4.85. The van der Waals surface area contributed by atoms with Crippen molar-refractivity contribution in [3.63, 3.8) is 0 Å². The lowest BCUT2D eigenvalue weighted by Gasteiger charge is -2.05. The molecule has 0 aliphatic rings. The minimum absolute atomic E-state index is 0.0804. The van der Waals surface area contributed by atoms with Crippen molar-refractivity contribution in [3.05, 3.63) is 38.9 Å². The van der Waals surface area contributed by atoms with Gasteiger partial charge in [0.2, 0.25) is 0 Å². The summed E-state index contributed by atoms with van der Waals surface area (Å²) in [6, 6.07) is 4.38. The third-order valence-corrected chi connectivity index (χ3v) is 2.69. The SMILES string of the molecule is COCCNC(=S)N/N=C/c1ccc(Cl)c([N+](=O)[O-])c1. The highest BCUT2D eigenvalue weighted by Crippen LogP contribution is 2.24. The Bertz CT molecular complexity index is 524. The van der Waals surface area contributed by atoms with Gasteiger partial charge in [-0.1, -0.05) is 17.7 Å². The Labute approximate surface area is 126 Å². The molecule has 108 valence electrons. The van der Waals surface area contributed by atoms with Crippen LogP contribution in [0, 0.1) is 10.1 Å². The maximum atomic E-state index is 10.7. The summed E-state index contributed by atoms with van der Waals surface area (Å²) in [5, 5.41) is 17.9. The summed E-state index contributed by atoms with van der Waals surface area (Å²) in [5.41, 5.74) is 2.95. The molecule has 0 heterocycles. The van der Waals surface area contributed by atoms with Crippen LogP contribution in [0.2, 0.25) is 5.02 Å². The van der Waals surface area contributed by atoms with Crippen molar-refractivity contribution in [1.29, 1.82) is 0 Å². The number of hydrazone groups is 1. The van der Waals surface area contributed by atoms with Gasteiger partial charge in [-0.25, -0.2) is 0 Å². The number of nitrogens with zero attached hydrogens (tertiary/aromatic N) is 2. The van der Waals surface area contributed by atoms with Gasteiger partial charge >= 0.3 is 0 Å². The monoisotopic (exact) mass is 316 g/mol. The lowest BCUT2D eigenvalue weighted by molar-refractivity contribution is -0.384. The van der Waals surface area contributed by atoms with Crippen molar-refractivity contribution < 1.29 is 9.66 Å². The zero-order valence-electron chi connectivity index (χ0n) is 10.6. The molecule has 0 unspecified atom stereocenters. The van der Waals surface area contributed by atoms with Crippen LogP contribution < -0.4 is 10.7 Å². The first kappa shape index (κ1) is 16.3. The Hall–Kier alpha value is -1.77. The molecule has 2 N–H and O–H groups in total. The zero-order chi connectivity index (χ0) is 15.0. The average Bonchev–Trinajstić information content (AvgIpc) is 2.40. The van der Waals surface area contributed by atoms with Crippen LogP contribution >= 0.6 is 23.8 Å². The van der Waals surface area contributed by atoms with E-state index in [2.05, 4.69) is 15.8 Å². The maximum absolute atomic E-state index is 10.7. The van der Waals surface area contributed by atoms with Gasteiger partial charge in [0, 0.05) is 25.3 Å². The molecule has 0 saturated carbocycles. The number of halogens is 1. The summed E-state index contributed by atoms with van der Waals surface area (Å²) >= 11 is 10.7. The summed E-state index contributed by atoms with van der Waals surface area (Å²) in [5.74, 6) is 0. The van der Waals surface area contributed by atoms with E-state index in [4.69, 9.17) is 28.6 Å². The Kier molecular flexibility index (Phi) is 6.85. The van der Waals surface area contributed by atoms with E-state index in [1.807, 2.05) is 0 Å². The summed E-state index contributed by atoms with van der Waals surface area (Å²) in [4.78, 5) is 10.2. The maximum Gasteiger partial charge on any atom is 0.288 e. The lowest BCUT2D eigenvalue weighted by atomic mass is 10.2. The van der Waals surface area contributed by atoms with E-state index in [1.165, 1.54) is 18.3 Å². The fourth-order valence-electron chi connectivity index (χ4n) is 1.22. The summed E-state index contributed by atoms with van der Waals surface area (Å²) in [6.07, 6.45) is 1.41. The smallest absolute Gasteiger partial charge is 0.288 e. The van der Waals surface area contributed by atoms with E-state index in [0.29, 0.717) is 23.8 Å². The van der Waals surface area contributed by atoms with Gasteiger partial charge in [-0.3, -0.25) is 15.5 Å². The second-order valence-corrected chi connectivity index (χ2v) is 4.40. The Morgan fingerprint density at radius 2 is 2.40 bits per heavy atom. The van der Waals surface area contributed by atoms with Crippen molar-refractivity contribution in [1.82, 2.24) is 10.7 Å². The van der Waals surface area contributed by atoms with E-state index < -0.39 is 4.92 Å². The van der Waals surface area contributed by atoms with Crippen LogP contribution in [0.15, 0.2) is 23.3 Å². The highest BCUT2D eigenvalue weighted by atomic mass is 35.5. The number of hydrogen-bond acceptors (Lipinski definition) is 5. The molecule has 1 aromatic rings. The van der Waals surface area contributed by atoms with Gasteiger partial charge in [-0.15, -0.1) is 0 Å². The van der Waals surface area contributed by atoms with Crippen LogP contribution in [0.4, 0.5) is 5.69 Å². The molecular formula is C11H13ClN4O3S. The average molecular weight is 317 g/mol. The Morgan fingerprint density at radius 3 is 3.05 bits per heavy atom. The first-order valence-corrected chi connectivity index (χ1v) is 6.33. The number of methoxy groups -OCH3 is 1. The number of rotatable bonds is 6. The van der Waals surface area contributed by atoms with Crippen LogP contribution in [0.5, 0.6) is 0 Å². The number of ether oxygens (including phenoxy) is 1. The van der Waals surface area contributed by atoms with E-state index >= 15 is 0 Å². The predicted molar refractivity (Wildman–Crippen MR) is 81.3 cm³/mol. The van der Waals surface area contributed by atoms with Gasteiger partial charge in [-0.05, 0) is 18.3 Å². The number of thiocarbonyl (C=S) groups is 1. The second-order valence-electron chi connectivity index (χ2n) is 3.59. The summed E-state index contributed by atoms with van der Waals surface area (Å²) in [7, 11) is 1.59. The Balaban J connectivity index is 2.56. The molecule has 1 aromatic carbocycles. The van der Waals surface area contributed by atoms with Crippen molar-refractivity contribution in [2.24, 2.45) is 5.10 Å². The first-order valence-electron chi connectivity index (χ1n) is 5.54. The molecule has 0 bridgehead atoms. The van der Waals surface area contributed by atoms with Crippen LogP contribution in [0.25, 0.3) is 0 Å². The molecule has 0 aromatic heterocycles. The van der Waals surface area contributed by atoms with Gasteiger partial charge in [-0.2, -0.15) is 5.10 Å². The van der Waals surface area contributed by atoms with Crippen molar-refractivity contribution in [2.75, 3.05) is 20.3 Å². The number of benzene rings is 1. The standard InChI is InChI=1S/C11H13ClN4O3S/c1-19-5-4-13-11(20)15-14-7-8-2-3-9(12)10(6-8)16(17)18/h2-3,6-7H,4-5H2,1H3,(H2,13,15,20)/b14-7+. The molecule has 0 fully saturated rings. The number of nitrogens with one attached hydrogen (secondary N) is 2. The van der Waals surface area contributed by atoms with E-state index in [1.54, 1.807) is 13.2 Å². The van der Waals surface area contributed by atoms with Gasteiger partial charge in [0.15, 0.2) is 5.11 Å². The summed E-state index contributed by atoms with van der Waals surface area (Å²) in [6.45, 7) is 1.08. The molecule has 0 radical (unpaired) electrons. The largest absolute Gasteiger partial charge is 0.383 e. The number of hydrogen-bond donors (Lipinski definition) is 2. The first-order chi connectivity index (χ1) is 9.54. The molecule has 1 rings (SSSR count). The lowest BCUT2D eigenvalue weighted by Crippen LogP contribution is -2.34. The number of nitro groups is 1. The van der Waals surface area contributed by atoms with Crippen LogP contribution in [0.1, 0.15) is 5.56 Å². The van der Waals surface area contributed by atoms with Crippen LogP contribution in [0.3, 0.4) is 0 Å². The molecule has 0 saturated heterocycles. The number of nitro benzene ring substituents is 1. The molecule has 0 aliphatic heterocycles. The molecule has 7 nitrogen and oxygen atoms in total. The highest BCUT2D eigenvalue weighted by molar-refractivity contribution is 7.80. The van der Waals surface area contributed by atoms with Gasteiger partial charge < -0.3 is 10.1 Å².